The molecule has 1 atom stereocenters. The Morgan fingerprint density at radius 3 is 1.66 bits per heavy atom. The van der Waals surface area contributed by atoms with Crippen molar-refractivity contribution >= 4 is 22.1 Å². The fraction of sp³-hybridized carbons (Fsp3) is 0.900. The van der Waals surface area contributed by atoms with Gasteiger partial charge in [-0.1, -0.05) is 78.1 Å². The maximum absolute atomic E-state index is 12.0. The molecule has 0 aliphatic rings. The van der Waals surface area contributed by atoms with Gasteiger partial charge in [-0.25, -0.2) is 0 Å². The van der Waals surface area contributed by atoms with E-state index in [9.17, 15) is 22.6 Å². The quantitative estimate of drug-likeness (QED) is 0.147. The predicted octanol–water partition coefficient (Wildman–Crippen LogP) is 1.56. The number of hydrogen-bond donors (Lipinski definition) is 1. The van der Waals surface area contributed by atoms with Crippen molar-refractivity contribution in [3.05, 3.63) is 0 Å². The number of ether oxygens (including phenoxy) is 2. The molecular weight excluding hydrogens is 407 g/mol. The van der Waals surface area contributed by atoms with E-state index in [1.54, 1.807) is 0 Å². The molecule has 0 heterocycles. The van der Waals surface area contributed by atoms with Crippen LogP contribution in [0.5, 0.6) is 0 Å². The van der Waals surface area contributed by atoms with Crippen LogP contribution in [0, 0.1) is 0 Å². The summed E-state index contributed by atoms with van der Waals surface area (Å²) in [5, 5.41) is -1.93. The van der Waals surface area contributed by atoms with Gasteiger partial charge in [-0.2, -0.15) is 8.42 Å². The summed E-state index contributed by atoms with van der Waals surface area (Å²) in [6.07, 6.45) is 11.3. The van der Waals surface area contributed by atoms with Crippen LogP contribution in [0.3, 0.4) is 0 Å². The Balaban J connectivity index is -0.00000364. The summed E-state index contributed by atoms with van der Waals surface area (Å²) in [6.45, 7) is 4.50. The molecule has 29 heavy (non-hydrogen) atoms. The molecule has 0 saturated heterocycles. The van der Waals surface area contributed by atoms with Crippen molar-refractivity contribution in [3.63, 3.8) is 0 Å². The monoisotopic (exact) mass is 446 g/mol. The molecule has 0 spiro atoms. The number of carbonyl (C=O) groups is 2. The first-order chi connectivity index (χ1) is 13.3. The van der Waals surface area contributed by atoms with Crippen molar-refractivity contribution in [1.29, 1.82) is 0 Å². The molecular formula is C20H39NaO7S. The summed E-state index contributed by atoms with van der Waals surface area (Å²) in [5.41, 5.74) is 0. The van der Waals surface area contributed by atoms with Gasteiger partial charge in [0.15, 0.2) is 5.25 Å². The van der Waals surface area contributed by atoms with Crippen molar-refractivity contribution < 1.29 is 63.0 Å². The van der Waals surface area contributed by atoms with Crippen LogP contribution in [0.1, 0.15) is 98.7 Å². The van der Waals surface area contributed by atoms with E-state index in [0.29, 0.717) is 12.8 Å². The molecule has 0 fully saturated rings. The molecule has 0 bridgehead atoms. The molecule has 0 aromatic heterocycles. The van der Waals surface area contributed by atoms with E-state index >= 15 is 0 Å². The molecule has 0 saturated carbocycles. The standard InChI is InChI=1S/C20H38O7S.Na.H/c1-3-5-7-9-11-13-15-26-19(21)17-18(28(23,24)25)20(22)27-16-14-12-10-8-6-4-2;;/h18H,3-17H2,1-2H3,(H,23,24,25);;/q;+1;-1/t18-;;/m0../s1. The van der Waals surface area contributed by atoms with Crippen LogP contribution < -0.4 is 29.6 Å². The molecule has 0 amide bonds. The Kier molecular flexibility index (Phi) is 21.2. The molecule has 7 nitrogen and oxygen atoms in total. The average molecular weight is 447 g/mol. The van der Waals surface area contributed by atoms with E-state index in [1.807, 2.05) is 0 Å². The Morgan fingerprint density at radius 2 is 1.21 bits per heavy atom. The molecule has 0 rings (SSSR count). The molecule has 0 aromatic carbocycles. The zero-order valence-electron chi connectivity index (χ0n) is 19.5. The zero-order chi connectivity index (χ0) is 21.3. The van der Waals surface area contributed by atoms with Crippen molar-refractivity contribution in [3.8, 4) is 0 Å². The molecule has 0 unspecified atom stereocenters. The maximum Gasteiger partial charge on any atom is 1.00 e. The largest absolute Gasteiger partial charge is 1.00 e. The number of esters is 2. The summed E-state index contributed by atoms with van der Waals surface area (Å²) in [4.78, 5) is 23.8. The van der Waals surface area contributed by atoms with E-state index < -0.39 is 33.7 Å². The fourth-order valence-corrected chi connectivity index (χ4v) is 3.39. The van der Waals surface area contributed by atoms with Gasteiger partial charge in [0.2, 0.25) is 0 Å². The van der Waals surface area contributed by atoms with Crippen LogP contribution in [0.15, 0.2) is 0 Å². The van der Waals surface area contributed by atoms with Gasteiger partial charge in [-0.15, -0.1) is 0 Å². The Morgan fingerprint density at radius 1 is 0.793 bits per heavy atom. The van der Waals surface area contributed by atoms with E-state index in [0.717, 1.165) is 57.8 Å². The van der Waals surface area contributed by atoms with Crippen LogP contribution >= 0.6 is 0 Å². The number of unbranched alkanes of at least 4 members (excludes halogenated alkanes) is 10. The molecule has 9 heteroatoms. The number of rotatable bonds is 18. The third kappa shape index (κ3) is 18.3. The Bertz CT molecular complexity index is 529. The van der Waals surface area contributed by atoms with Gasteiger partial charge in [-0.3, -0.25) is 14.1 Å². The summed E-state index contributed by atoms with van der Waals surface area (Å²) in [6, 6.07) is 0. The summed E-state index contributed by atoms with van der Waals surface area (Å²) >= 11 is 0. The Hall–Kier alpha value is -0.150. The van der Waals surface area contributed by atoms with Gasteiger partial charge in [0.1, 0.15) is 0 Å². The van der Waals surface area contributed by atoms with Gasteiger partial charge in [0.05, 0.1) is 19.6 Å². The van der Waals surface area contributed by atoms with E-state index in [4.69, 9.17) is 9.47 Å². The third-order valence-electron chi connectivity index (χ3n) is 4.48. The van der Waals surface area contributed by atoms with Crippen molar-refractivity contribution in [2.45, 2.75) is 103 Å². The van der Waals surface area contributed by atoms with Crippen LogP contribution in [0.2, 0.25) is 0 Å². The molecule has 1 N–H and O–H groups in total. The first-order valence-corrected chi connectivity index (χ1v) is 12.1. The zero-order valence-corrected chi connectivity index (χ0v) is 21.3. The second kappa shape index (κ2) is 19.8. The van der Waals surface area contributed by atoms with Gasteiger partial charge in [0, 0.05) is 0 Å². The van der Waals surface area contributed by atoms with E-state index in [1.165, 1.54) is 6.42 Å². The molecule has 0 aromatic rings. The topological polar surface area (TPSA) is 107 Å². The number of hydrogen-bond acceptors (Lipinski definition) is 6. The second-order valence-electron chi connectivity index (χ2n) is 7.13. The molecule has 0 radical (unpaired) electrons. The second-order valence-corrected chi connectivity index (χ2v) is 8.73. The van der Waals surface area contributed by atoms with Gasteiger partial charge < -0.3 is 10.9 Å². The van der Waals surface area contributed by atoms with Crippen LogP contribution in [-0.4, -0.2) is 43.4 Å². The fourth-order valence-electron chi connectivity index (χ4n) is 2.74. The third-order valence-corrected chi connectivity index (χ3v) is 5.56. The van der Waals surface area contributed by atoms with Crippen molar-refractivity contribution in [2.75, 3.05) is 13.2 Å². The van der Waals surface area contributed by atoms with Crippen LogP contribution in [0.4, 0.5) is 0 Å². The SMILES string of the molecule is CCCCCCCCOC(=O)C[C@@H](C(=O)OCCCCCCCC)S(=O)(=O)O.[H-].[Na+]. The summed E-state index contributed by atoms with van der Waals surface area (Å²) < 4.78 is 42.0. The first-order valence-electron chi connectivity index (χ1n) is 10.6. The smallest absolute Gasteiger partial charge is 1.00 e. The average Bonchev–Trinajstić information content (AvgIpc) is 2.63. The van der Waals surface area contributed by atoms with Crippen molar-refractivity contribution in [2.24, 2.45) is 0 Å². The molecule has 0 aliphatic heterocycles. The maximum atomic E-state index is 12.0. The minimum atomic E-state index is -4.73. The normalized spacial score (nSPS) is 12.1. The van der Waals surface area contributed by atoms with E-state index in [-0.39, 0.29) is 44.2 Å². The number of carbonyl (C=O) groups excluding carboxylic acids is 2. The molecule has 168 valence electrons. The van der Waals surface area contributed by atoms with Crippen LogP contribution in [-0.2, 0) is 29.2 Å². The first kappa shape index (κ1) is 31.0. The Labute approximate surface area is 200 Å². The van der Waals surface area contributed by atoms with Gasteiger partial charge in [0.25, 0.3) is 10.1 Å². The molecule has 0 aliphatic carbocycles. The predicted molar refractivity (Wildman–Crippen MR) is 110 cm³/mol. The van der Waals surface area contributed by atoms with Crippen LogP contribution in [0.25, 0.3) is 0 Å². The van der Waals surface area contributed by atoms with Crippen molar-refractivity contribution in [1.82, 2.24) is 0 Å². The summed E-state index contributed by atoms with van der Waals surface area (Å²) in [7, 11) is -4.73. The minimum absolute atomic E-state index is 0. The van der Waals surface area contributed by atoms with Gasteiger partial charge >= 0.3 is 41.5 Å². The van der Waals surface area contributed by atoms with E-state index in [2.05, 4.69) is 13.8 Å². The van der Waals surface area contributed by atoms with Gasteiger partial charge in [-0.05, 0) is 12.8 Å². The summed E-state index contributed by atoms with van der Waals surface area (Å²) in [5.74, 6) is -1.93. The minimum Gasteiger partial charge on any atom is -1.00 e.